The molecule has 2 heteroatoms. The zero-order valence-corrected chi connectivity index (χ0v) is 9.40. The summed E-state index contributed by atoms with van der Waals surface area (Å²) in [5, 5.41) is 0. The van der Waals surface area contributed by atoms with Crippen LogP contribution in [0.1, 0.15) is 25.3 Å². The van der Waals surface area contributed by atoms with Gasteiger partial charge >= 0.3 is 0 Å². The van der Waals surface area contributed by atoms with Crippen LogP contribution >= 0.6 is 0 Å². The number of hydrogen-bond acceptors (Lipinski definition) is 2. The molecular weight excluding hydrogens is 188 g/mol. The first kappa shape index (κ1) is 10.5. The van der Waals surface area contributed by atoms with Gasteiger partial charge in [-0.05, 0) is 37.0 Å². The van der Waals surface area contributed by atoms with E-state index in [1.807, 2.05) is 12.1 Å². The molecule has 82 valence electrons. The Morgan fingerprint density at radius 3 is 2.47 bits per heavy atom. The predicted octanol–water partition coefficient (Wildman–Crippen LogP) is 2.81. The van der Waals surface area contributed by atoms with Crippen molar-refractivity contribution in [2.45, 2.75) is 38.4 Å². The minimum atomic E-state index is 0.511. The zero-order chi connectivity index (χ0) is 10.7. The molecule has 0 saturated carbocycles. The second-order valence-electron chi connectivity index (χ2n) is 4.01. The van der Waals surface area contributed by atoms with Gasteiger partial charge in [-0.15, -0.1) is 0 Å². The monoisotopic (exact) mass is 206 g/mol. The van der Waals surface area contributed by atoms with Crippen molar-refractivity contribution >= 4 is 0 Å². The minimum Gasteiger partial charge on any atom is -0.497 e. The van der Waals surface area contributed by atoms with E-state index in [1.165, 1.54) is 5.56 Å². The number of epoxide rings is 1. The fraction of sp³-hybridized carbons (Fsp3) is 0.538. The van der Waals surface area contributed by atoms with E-state index in [2.05, 4.69) is 19.1 Å². The lowest BCUT2D eigenvalue weighted by Gasteiger charge is -2.02. The number of methoxy groups -OCH3 is 1. The van der Waals surface area contributed by atoms with Crippen LogP contribution in [0, 0.1) is 0 Å². The molecule has 2 rings (SSSR count). The van der Waals surface area contributed by atoms with Gasteiger partial charge in [0.25, 0.3) is 0 Å². The van der Waals surface area contributed by atoms with Crippen LogP contribution in [-0.4, -0.2) is 19.3 Å². The highest BCUT2D eigenvalue weighted by Crippen LogP contribution is 2.29. The fourth-order valence-corrected chi connectivity index (χ4v) is 1.89. The first-order valence-electron chi connectivity index (χ1n) is 5.62. The first-order chi connectivity index (χ1) is 7.33. The highest BCUT2D eigenvalue weighted by Gasteiger charge is 2.35. The Balaban J connectivity index is 1.79. The molecule has 0 bridgehead atoms. The molecule has 0 aliphatic carbocycles. The van der Waals surface area contributed by atoms with Crippen LogP contribution in [0.3, 0.4) is 0 Å². The summed E-state index contributed by atoms with van der Waals surface area (Å²) in [5.74, 6) is 0.924. The highest BCUT2D eigenvalue weighted by molar-refractivity contribution is 5.27. The van der Waals surface area contributed by atoms with E-state index < -0.39 is 0 Å². The van der Waals surface area contributed by atoms with Crippen LogP contribution in [0.5, 0.6) is 5.75 Å². The van der Waals surface area contributed by atoms with Gasteiger partial charge in [-0.25, -0.2) is 0 Å². The lowest BCUT2D eigenvalue weighted by atomic mass is 10.1. The molecule has 0 amide bonds. The average molecular weight is 206 g/mol. The van der Waals surface area contributed by atoms with E-state index in [0.29, 0.717) is 12.2 Å². The Bertz CT molecular complexity index is 305. The molecule has 2 unspecified atom stereocenters. The van der Waals surface area contributed by atoms with Crippen molar-refractivity contribution in [3.05, 3.63) is 29.8 Å². The van der Waals surface area contributed by atoms with E-state index in [0.717, 1.165) is 25.0 Å². The van der Waals surface area contributed by atoms with Gasteiger partial charge in [-0.3, -0.25) is 0 Å². The molecule has 1 aliphatic rings. The lowest BCUT2D eigenvalue weighted by Crippen LogP contribution is -1.95. The summed E-state index contributed by atoms with van der Waals surface area (Å²) in [7, 11) is 1.69. The predicted molar refractivity (Wildman–Crippen MR) is 60.3 cm³/mol. The van der Waals surface area contributed by atoms with Gasteiger partial charge in [-0.1, -0.05) is 19.1 Å². The van der Waals surface area contributed by atoms with Crippen molar-refractivity contribution < 1.29 is 9.47 Å². The van der Waals surface area contributed by atoms with Gasteiger partial charge < -0.3 is 9.47 Å². The van der Waals surface area contributed by atoms with Gasteiger partial charge in [0.2, 0.25) is 0 Å². The zero-order valence-electron chi connectivity index (χ0n) is 9.40. The van der Waals surface area contributed by atoms with Crippen LogP contribution in [-0.2, 0) is 11.2 Å². The van der Waals surface area contributed by atoms with Crippen molar-refractivity contribution in [1.82, 2.24) is 0 Å². The van der Waals surface area contributed by atoms with Crippen LogP contribution in [0.4, 0.5) is 0 Å². The standard InChI is InChI=1S/C13H18O2/c1-3-12-13(15-12)9-6-10-4-7-11(14-2)8-5-10/h4-5,7-8,12-13H,3,6,9H2,1-2H3. The maximum absolute atomic E-state index is 5.51. The number of rotatable bonds is 5. The fourth-order valence-electron chi connectivity index (χ4n) is 1.89. The molecular formula is C13H18O2. The summed E-state index contributed by atoms with van der Waals surface area (Å²) in [6.45, 7) is 2.18. The average Bonchev–Trinajstić information content (AvgIpc) is 3.06. The molecule has 1 aromatic carbocycles. The largest absolute Gasteiger partial charge is 0.497 e. The Labute approximate surface area is 91.2 Å². The van der Waals surface area contributed by atoms with E-state index >= 15 is 0 Å². The summed E-state index contributed by atoms with van der Waals surface area (Å²) in [4.78, 5) is 0. The molecule has 1 heterocycles. The Morgan fingerprint density at radius 1 is 1.20 bits per heavy atom. The highest BCUT2D eigenvalue weighted by atomic mass is 16.6. The third kappa shape index (κ3) is 2.72. The Morgan fingerprint density at radius 2 is 1.93 bits per heavy atom. The van der Waals surface area contributed by atoms with Gasteiger partial charge in [0.15, 0.2) is 0 Å². The number of aryl methyl sites for hydroxylation is 1. The topological polar surface area (TPSA) is 21.8 Å². The molecule has 1 saturated heterocycles. The number of benzene rings is 1. The normalized spacial score (nSPS) is 23.9. The molecule has 1 aromatic rings. The Hall–Kier alpha value is -1.02. The smallest absolute Gasteiger partial charge is 0.118 e. The molecule has 0 radical (unpaired) electrons. The summed E-state index contributed by atoms with van der Waals surface area (Å²) in [6.07, 6.45) is 4.43. The third-order valence-corrected chi connectivity index (χ3v) is 2.97. The minimum absolute atomic E-state index is 0.511. The van der Waals surface area contributed by atoms with Crippen molar-refractivity contribution in [2.24, 2.45) is 0 Å². The summed E-state index contributed by atoms with van der Waals surface area (Å²) in [5.41, 5.74) is 1.36. The maximum Gasteiger partial charge on any atom is 0.118 e. The SMILES string of the molecule is CCC1OC1CCc1ccc(OC)cc1. The Kier molecular flexibility index (Phi) is 3.27. The molecule has 15 heavy (non-hydrogen) atoms. The molecule has 0 N–H and O–H groups in total. The van der Waals surface area contributed by atoms with Gasteiger partial charge in [-0.2, -0.15) is 0 Å². The van der Waals surface area contributed by atoms with Crippen LogP contribution in [0.15, 0.2) is 24.3 Å². The second kappa shape index (κ2) is 4.67. The van der Waals surface area contributed by atoms with Crippen molar-refractivity contribution in [1.29, 1.82) is 0 Å². The molecule has 1 aliphatic heterocycles. The van der Waals surface area contributed by atoms with Gasteiger partial charge in [0.1, 0.15) is 5.75 Å². The van der Waals surface area contributed by atoms with Gasteiger partial charge in [0.05, 0.1) is 19.3 Å². The van der Waals surface area contributed by atoms with Gasteiger partial charge in [0, 0.05) is 0 Å². The molecule has 0 spiro atoms. The number of hydrogen-bond donors (Lipinski definition) is 0. The second-order valence-corrected chi connectivity index (χ2v) is 4.01. The van der Waals surface area contributed by atoms with Crippen molar-refractivity contribution in [3.63, 3.8) is 0 Å². The molecule has 2 nitrogen and oxygen atoms in total. The van der Waals surface area contributed by atoms with Crippen LogP contribution in [0.2, 0.25) is 0 Å². The van der Waals surface area contributed by atoms with Crippen molar-refractivity contribution in [3.8, 4) is 5.75 Å². The maximum atomic E-state index is 5.51. The summed E-state index contributed by atoms with van der Waals surface area (Å²) in [6, 6.07) is 8.28. The van der Waals surface area contributed by atoms with E-state index in [1.54, 1.807) is 7.11 Å². The molecule has 2 atom stereocenters. The van der Waals surface area contributed by atoms with E-state index in [9.17, 15) is 0 Å². The van der Waals surface area contributed by atoms with Crippen LogP contribution < -0.4 is 4.74 Å². The third-order valence-electron chi connectivity index (χ3n) is 2.97. The van der Waals surface area contributed by atoms with E-state index in [4.69, 9.17) is 9.47 Å². The van der Waals surface area contributed by atoms with Crippen molar-refractivity contribution in [2.75, 3.05) is 7.11 Å². The summed E-state index contributed by atoms with van der Waals surface area (Å²) < 4.78 is 10.6. The molecule has 0 aromatic heterocycles. The first-order valence-corrected chi connectivity index (χ1v) is 5.62. The van der Waals surface area contributed by atoms with Crippen LogP contribution in [0.25, 0.3) is 0 Å². The quantitative estimate of drug-likeness (QED) is 0.691. The number of ether oxygens (including phenoxy) is 2. The lowest BCUT2D eigenvalue weighted by molar-refractivity contribution is 0.359. The van der Waals surface area contributed by atoms with E-state index in [-0.39, 0.29) is 0 Å². The summed E-state index contributed by atoms with van der Waals surface area (Å²) >= 11 is 0. The molecule has 1 fully saturated rings.